The number of rotatable bonds is 7. The minimum absolute atomic E-state index is 0.318. The summed E-state index contributed by atoms with van der Waals surface area (Å²) in [6, 6.07) is -2.20. The third kappa shape index (κ3) is 9.46. The zero-order valence-corrected chi connectivity index (χ0v) is 15.6. The maximum atomic E-state index is 12.4. The van der Waals surface area contributed by atoms with E-state index < -0.39 is 47.2 Å². The van der Waals surface area contributed by atoms with Crippen LogP contribution in [0.15, 0.2) is 0 Å². The lowest BCUT2D eigenvalue weighted by molar-refractivity contribution is -0.166. The molecule has 3 atom stereocenters. The monoisotopic (exact) mass is 345 g/mol. The van der Waals surface area contributed by atoms with Crippen LogP contribution in [0.2, 0.25) is 0 Å². The Morgan fingerprint density at radius 3 is 1.92 bits per heavy atom. The third-order valence-corrected chi connectivity index (χ3v) is 2.73. The lowest BCUT2D eigenvalue weighted by Gasteiger charge is -2.32. The van der Waals surface area contributed by atoms with E-state index in [1.807, 2.05) is 20.8 Å². The molecule has 0 heterocycles. The van der Waals surface area contributed by atoms with E-state index in [9.17, 15) is 14.4 Å². The van der Waals surface area contributed by atoms with Gasteiger partial charge >= 0.3 is 5.97 Å². The van der Waals surface area contributed by atoms with E-state index in [2.05, 4.69) is 5.32 Å². The van der Waals surface area contributed by atoms with Gasteiger partial charge in [0.15, 0.2) is 6.04 Å². The summed E-state index contributed by atoms with van der Waals surface area (Å²) in [6.07, 6.45) is -0.981. The second kappa shape index (κ2) is 8.43. The summed E-state index contributed by atoms with van der Waals surface area (Å²) in [5, 5.41) is 2.50. The molecule has 0 saturated heterocycles. The summed E-state index contributed by atoms with van der Waals surface area (Å²) in [4.78, 5) is 35.4. The number of ether oxygens (including phenoxy) is 2. The molecule has 8 nitrogen and oxygen atoms in total. The van der Waals surface area contributed by atoms with Crippen LogP contribution in [-0.2, 0) is 23.9 Å². The predicted molar refractivity (Wildman–Crippen MR) is 89.9 cm³/mol. The molecular weight excluding hydrogens is 314 g/mol. The maximum absolute atomic E-state index is 12.4. The molecule has 0 bridgehead atoms. The van der Waals surface area contributed by atoms with E-state index >= 15 is 0 Å². The first-order valence-electron chi connectivity index (χ1n) is 7.87. The number of nitrogens with one attached hydrogen (secondary N) is 1. The number of carbonyl (C=O) groups excluding carboxylic acids is 3. The van der Waals surface area contributed by atoms with Crippen molar-refractivity contribution in [2.45, 2.75) is 84.3 Å². The van der Waals surface area contributed by atoms with Crippen LogP contribution >= 0.6 is 0 Å². The van der Waals surface area contributed by atoms with Crippen molar-refractivity contribution in [3.05, 3.63) is 0 Å². The van der Waals surface area contributed by atoms with E-state index in [-0.39, 0.29) is 6.42 Å². The number of esters is 1. The zero-order chi connectivity index (χ0) is 19.3. The summed E-state index contributed by atoms with van der Waals surface area (Å²) >= 11 is 0. The second-order valence-corrected chi connectivity index (χ2v) is 7.73. The fourth-order valence-electron chi connectivity index (χ4n) is 1.93. The lowest BCUT2D eigenvalue weighted by atomic mass is 10.1. The first-order chi connectivity index (χ1) is 10.6. The Morgan fingerprint density at radius 1 is 1.04 bits per heavy atom. The molecular formula is C16H31N3O5. The SMILES string of the molecule is C[C@@H](OC(C)(C)C)[C@H](NC(=O)[C@@H](N)CC(N)=O)C(=O)OC(C)(C)C. The molecule has 0 aromatic rings. The molecule has 0 unspecified atom stereocenters. The molecule has 2 amide bonds. The zero-order valence-electron chi connectivity index (χ0n) is 15.6. The molecule has 5 N–H and O–H groups in total. The number of primary amides is 1. The molecule has 0 aliphatic heterocycles. The smallest absolute Gasteiger partial charge is 0.331 e. The largest absolute Gasteiger partial charge is 0.458 e. The van der Waals surface area contributed by atoms with Gasteiger partial charge in [-0.3, -0.25) is 9.59 Å². The fourth-order valence-corrected chi connectivity index (χ4v) is 1.93. The van der Waals surface area contributed by atoms with Gasteiger partial charge in [-0.15, -0.1) is 0 Å². The first kappa shape index (κ1) is 22.3. The van der Waals surface area contributed by atoms with E-state index in [1.165, 1.54) is 0 Å². The molecule has 0 rings (SSSR count). The third-order valence-electron chi connectivity index (χ3n) is 2.73. The van der Waals surface area contributed by atoms with Gasteiger partial charge < -0.3 is 26.3 Å². The Hall–Kier alpha value is -1.67. The van der Waals surface area contributed by atoms with Crippen molar-refractivity contribution in [2.75, 3.05) is 0 Å². The topological polar surface area (TPSA) is 134 Å². The molecule has 0 aromatic carbocycles. The van der Waals surface area contributed by atoms with Gasteiger partial charge in [0.2, 0.25) is 11.8 Å². The van der Waals surface area contributed by atoms with Gasteiger partial charge in [0.25, 0.3) is 0 Å². The van der Waals surface area contributed by atoms with Crippen molar-refractivity contribution >= 4 is 17.8 Å². The highest BCUT2D eigenvalue weighted by Crippen LogP contribution is 2.16. The van der Waals surface area contributed by atoms with E-state index in [0.717, 1.165) is 0 Å². The maximum Gasteiger partial charge on any atom is 0.331 e. The highest BCUT2D eigenvalue weighted by Gasteiger charge is 2.35. The van der Waals surface area contributed by atoms with Crippen molar-refractivity contribution in [1.29, 1.82) is 0 Å². The normalized spacial score (nSPS) is 16.0. The Bertz CT molecular complexity index is 465. The van der Waals surface area contributed by atoms with Crippen LogP contribution < -0.4 is 16.8 Å². The minimum Gasteiger partial charge on any atom is -0.458 e. The van der Waals surface area contributed by atoms with Gasteiger partial charge in [-0.1, -0.05) is 0 Å². The molecule has 0 spiro atoms. The van der Waals surface area contributed by atoms with Crippen molar-refractivity contribution < 1.29 is 23.9 Å². The standard InChI is InChI=1S/C16H31N3O5/c1-9(23-15(2,3)4)12(14(22)24-16(5,6)7)19-13(21)10(17)8-11(18)20/h9-10,12H,8,17H2,1-7H3,(H2,18,20)(H,19,21)/t9-,10+,12+/m1/s1. The number of amides is 2. The summed E-state index contributed by atoms with van der Waals surface area (Å²) in [5.41, 5.74) is 9.39. The van der Waals surface area contributed by atoms with Crippen LogP contribution in [0, 0.1) is 0 Å². The molecule has 0 aliphatic carbocycles. The molecule has 8 heteroatoms. The lowest BCUT2D eigenvalue weighted by Crippen LogP contribution is -2.56. The van der Waals surface area contributed by atoms with Gasteiger partial charge in [0, 0.05) is 0 Å². The number of hydrogen-bond donors (Lipinski definition) is 3. The quantitative estimate of drug-likeness (QED) is 0.565. The van der Waals surface area contributed by atoms with Crippen molar-refractivity contribution in [2.24, 2.45) is 11.5 Å². The Balaban J connectivity index is 5.21. The van der Waals surface area contributed by atoms with E-state index in [1.54, 1.807) is 27.7 Å². The number of carbonyl (C=O) groups is 3. The molecule has 0 fully saturated rings. The summed E-state index contributed by atoms with van der Waals surface area (Å²) in [6.45, 7) is 12.3. The van der Waals surface area contributed by atoms with Gasteiger partial charge in [-0.25, -0.2) is 4.79 Å². The molecule has 0 aliphatic rings. The van der Waals surface area contributed by atoms with Crippen molar-refractivity contribution in [1.82, 2.24) is 5.32 Å². The van der Waals surface area contributed by atoms with Crippen molar-refractivity contribution in [3.8, 4) is 0 Å². The number of hydrogen-bond acceptors (Lipinski definition) is 6. The van der Waals surface area contributed by atoms with Gasteiger partial charge in [0.1, 0.15) is 5.60 Å². The fraction of sp³-hybridized carbons (Fsp3) is 0.812. The summed E-state index contributed by atoms with van der Waals surface area (Å²) in [7, 11) is 0. The number of nitrogens with two attached hydrogens (primary N) is 2. The molecule has 0 radical (unpaired) electrons. The van der Waals surface area contributed by atoms with Gasteiger partial charge in [0.05, 0.1) is 24.2 Å². The van der Waals surface area contributed by atoms with Crippen LogP contribution in [0.25, 0.3) is 0 Å². The van der Waals surface area contributed by atoms with Crippen LogP contribution in [-0.4, -0.2) is 47.2 Å². The van der Waals surface area contributed by atoms with E-state index in [4.69, 9.17) is 20.9 Å². The molecule has 140 valence electrons. The summed E-state index contributed by atoms with van der Waals surface area (Å²) in [5.74, 6) is -2.02. The molecule has 0 aromatic heterocycles. The minimum atomic E-state index is -1.14. The second-order valence-electron chi connectivity index (χ2n) is 7.73. The Kier molecular flexibility index (Phi) is 7.85. The van der Waals surface area contributed by atoms with Crippen LogP contribution in [0.3, 0.4) is 0 Å². The van der Waals surface area contributed by atoms with Crippen LogP contribution in [0.1, 0.15) is 54.9 Å². The first-order valence-corrected chi connectivity index (χ1v) is 7.87. The molecule has 24 heavy (non-hydrogen) atoms. The van der Waals surface area contributed by atoms with Gasteiger partial charge in [-0.05, 0) is 48.5 Å². The molecule has 0 saturated carbocycles. The van der Waals surface area contributed by atoms with Gasteiger partial charge in [-0.2, -0.15) is 0 Å². The average molecular weight is 345 g/mol. The van der Waals surface area contributed by atoms with E-state index in [0.29, 0.717) is 0 Å². The van der Waals surface area contributed by atoms with Crippen LogP contribution in [0.4, 0.5) is 0 Å². The highest BCUT2D eigenvalue weighted by atomic mass is 16.6. The Labute approximate surface area is 143 Å². The summed E-state index contributed by atoms with van der Waals surface area (Å²) < 4.78 is 11.1. The Morgan fingerprint density at radius 2 is 1.54 bits per heavy atom. The highest BCUT2D eigenvalue weighted by molar-refractivity contribution is 5.91. The average Bonchev–Trinajstić information content (AvgIpc) is 2.29. The van der Waals surface area contributed by atoms with Crippen LogP contribution in [0.5, 0.6) is 0 Å². The predicted octanol–water partition coefficient (Wildman–Crippen LogP) is 0.219. The van der Waals surface area contributed by atoms with Crippen molar-refractivity contribution in [3.63, 3.8) is 0 Å².